The zero-order chi connectivity index (χ0) is 17.2. The normalized spacial score (nSPS) is 11.7. The second kappa shape index (κ2) is 7.14. The predicted octanol–water partition coefficient (Wildman–Crippen LogP) is 3.39. The molecule has 10 heteroatoms. The molecule has 0 radical (unpaired) electrons. The highest BCUT2D eigenvalue weighted by Gasteiger charge is 2.23. The summed E-state index contributed by atoms with van der Waals surface area (Å²) >= 11 is 13.2. The van der Waals surface area contributed by atoms with E-state index in [2.05, 4.69) is 15.0 Å². The zero-order valence-electron chi connectivity index (χ0n) is 12.1. The summed E-state index contributed by atoms with van der Waals surface area (Å²) in [5.41, 5.74) is -0.00426. The predicted molar refractivity (Wildman–Crippen MR) is 92.0 cm³/mol. The number of thiazole rings is 1. The van der Waals surface area contributed by atoms with Crippen molar-refractivity contribution in [1.29, 1.82) is 0 Å². The number of hydrogen-bond donors (Lipinski definition) is 2. The second-order valence-electron chi connectivity index (χ2n) is 4.83. The first-order valence-electron chi connectivity index (χ1n) is 6.43. The molecule has 6 nitrogen and oxygen atoms in total. The molecule has 0 bridgehead atoms. The Morgan fingerprint density at radius 1 is 1.26 bits per heavy atom. The molecular weight excluding hydrogens is 381 g/mol. The fraction of sp³-hybridized carbons (Fsp3) is 0.231. The van der Waals surface area contributed by atoms with Crippen molar-refractivity contribution < 1.29 is 13.2 Å². The molecule has 1 heterocycles. The molecule has 0 aliphatic rings. The molecule has 0 saturated heterocycles. The van der Waals surface area contributed by atoms with Gasteiger partial charge in [0.2, 0.25) is 10.0 Å². The van der Waals surface area contributed by atoms with Crippen molar-refractivity contribution >= 4 is 55.6 Å². The number of rotatable bonds is 5. The number of nitrogens with zero attached hydrogens (tertiary/aromatic N) is 1. The van der Waals surface area contributed by atoms with Crippen molar-refractivity contribution in [3.05, 3.63) is 39.3 Å². The van der Waals surface area contributed by atoms with E-state index in [0.717, 1.165) is 6.07 Å². The number of carbonyl (C=O) groups is 1. The monoisotopic (exact) mass is 393 g/mol. The fourth-order valence-electron chi connectivity index (χ4n) is 1.73. The molecule has 23 heavy (non-hydrogen) atoms. The Hall–Kier alpha value is -1.19. The Balaban J connectivity index is 2.42. The molecule has 1 aromatic heterocycles. The minimum Gasteiger partial charge on any atom is -0.298 e. The van der Waals surface area contributed by atoms with Crippen LogP contribution in [0.3, 0.4) is 0 Å². The van der Waals surface area contributed by atoms with Crippen molar-refractivity contribution in [3.8, 4) is 0 Å². The summed E-state index contributed by atoms with van der Waals surface area (Å²) in [4.78, 5) is 16.0. The summed E-state index contributed by atoms with van der Waals surface area (Å²) < 4.78 is 27.0. The highest BCUT2D eigenvalue weighted by molar-refractivity contribution is 7.89. The third kappa shape index (κ3) is 4.42. The van der Waals surface area contributed by atoms with Crippen LogP contribution in [0, 0.1) is 0 Å². The molecule has 1 amide bonds. The van der Waals surface area contributed by atoms with Gasteiger partial charge in [0.25, 0.3) is 5.91 Å². The third-order valence-electron chi connectivity index (χ3n) is 2.60. The number of hydrogen-bond acceptors (Lipinski definition) is 5. The van der Waals surface area contributed by atoms with E-state index in [1.165, 1.54) is 23.6 Å². The summed E-state index contributed by atoms with van der Waals surface area (Å²) in [6, 6.07) is 2.06. The number of amides is 1. The van der Waals surface area contributed by atoms with Gasteiger partial charge >= 0.3 is 0 Å². The van der Waals surface area contributed by atoms with E-state index in [9.17, 15) is 13.2 Å². The van der Waals surface area contributed by atoms with Gasteiger partial charge in [-0.05, 0) is 26.0 Å². The van der Waals surface area contributed by atoms with Crippen LogP contribution in [0.2, 0.25) is 10.0 Å². The van der Waals surface area contributed by atoms with Crippen LogP contribution in [-0.4, -0.2) is 25.4 Å². The highest BCUT2D eigenvalue weighted by Crippen LogP contribution is 2.29. The average molecular weight is 394 g/mol. The lowest BCUT2D eigenvalue weighted by molar-refractivity contribution is 0.102. The molecule has 2 N–H and O–H groups in total. The highest BCUT2D eigenvalue weighted by atomic mass is 35.5. The summed E-state index contributed by atoms with van der Waals surface area (Å²) in [5, 5.41) is 4.61. The smallest absolute Gasteiger partial charge is 0.259 e. The van der Waals surface area contributed by atoms with Crippen LogP contribution in [0.25, 0.3) is 0 Å². The van der Waals surface area contributed by atoms with E-state index in [1.807, 2.05) is 0 Å². The molecular formula is C13H13Cl2N3O3S2. The first-order valence-corrected chi connectivity index (χ1v) is 9.55. The molecule has 0 unspecified atom stereocenters. The molecule has 0 aliphatic heterocycles. The summed E-state index contributed by atoms with van der Waals surface area (Å²) in [6.45, 7) is 3.36. The van der Waals surface area contributed by atoms with Gasteiger partial charge < -0.3 is 0 Å². The van der Waals surface area contributed by atoms with Gasteiger partial charge in [-0.1, -0.05) is 23.2 Å². The van der Waals surface area contributed by atoms with Gasteiger partial charge in [-0.3, -0.25) is 10.1 Å². The van der Waals surface area contributed by atoms with Crippen LogP contribution in [0.15, 0.2) is 28.6 Å². The number of aromatic nitrogens is 1. The van der Waals surface area contributed by atoms with E-state index < -0.39 is 15.9 Å². The number of nitrogens with one attached hydrogen (secondary N) is 2. The lowest BCUT2D eigenvalue weighted by Crippen LogP contribution is -2.30. The minimum atomic E-state index is -3.86. The maximum absolute atomic E-state index is 12.3. The SMILES string of the molecule is CC(C)NS(=O)(=O)c1cc(C(=O)Nc2nccs2)c(Cl)cc1Cl. The van der Waals surface area contributed by atoms with Crippen LogP contribution in [0.4, 0.5) is 5.13 Å². The minimum absolute atomic E-state index is 0.00426. The summed E-state index contributed by atoms with van der Waals surface area (Å²) in [6.07, 6.45) is 1.53. The molecule has 0 spiro atoms. The largest absolute Gasteiger partial charge is 0.298 e. The first kappa shape index (κ1) is 18.2. The van der Waals surface area contributed by atoms with Gasteiger partial charge in [0.15, 0.2) is 5.13 Å². The maximum Gasteiger partial charge on any atom is 0.259 e. The van der Waals surface area contributed by atoms with Crippen LogP contribution in [-0.2, 0) is 10.0 Å². The van der Waals surface area contributed by atoms with Crippen molar-refractivity contribution in [2.45, 2.75) is 24.8 Å². The Morgan fingerprint density at radius 3 is 2.52 bits per heavy atom. The quantitative estimate of drug-likeness (QED) is 0.814. The Labute approximate surface area is 147 Å². The van der Waals surface area contributed by atoms with Gasteiger partial charge in [0.05, 0.1) is 15.6 Å². The van der Waals surface area contributed by atoms with Crippen molar-refractivity contribution in [2.75, 3.05) is 5.32 Å². The second-order valence-corrected chi connectivity index (χ2v) is 8.22. The molecule has 124 valence electrons. The first-order chi connectivity index (χ1) is 10.7. The Kier molecular flexibility index (Phi) is 5.64. The summed E-state index contributed by atoms with van der Waals surface area (Å²) in [5.74, 6) is -0.567. The lowest BCUT2D eigenvalue weighted by Gasteiger charge is -2.13. The molecule has 0 atom stereocenters. The van der Waals surface area contributed by atoms with Crippen molar-refractivity contribution in [2.24, 2.45) is 0 Å². The Morgan fingerprint density at radius 2 is 1.96 bits per heavy atom. The molecule has 0 fully saturated rings. The van der Waals surface area contributed by atoms with Crippen LogP contribution in [0.1, 0.15) is 24.2 Å². The molecule has 2 aromatic rings. The van der Waals surface area contributed by atoms with Crippen LogP contribution < -0.4 is 10.0 Å². The van der Waals surface area contributed by atoms with Crippen LogP contribution >= 0.6 is 34.5 Å². The van der Waals surface area contributed by atoms with Crippen LogP contribution in [0.5, 0.6) is 0 Å². The molecule has 1 aromatic carbocycles. The standard InChI is InChI=1S/C13H13Cl2N3O3S2/c1-7(2)18-23(20,21)11-5-8(9(14)6-10(11)15)12(19)17-13-16-3-4-22-13/h3-7,18H,1-2H3,(H,16,17,19). The number of sulfonamides is 1. The van der Waals surface area contributed by atoms with E-state index in [-0.39, 0.29) is 26.5 Å². The van der Waals surface area contributed by atoms with Gasteiger partial charge in [-0.15, -0.1) is 11.3 Å². The Bertz CT molecular complexity index is 821. The van der Waals surface area contributed by atoms with E-state index >= 15 is 0 Å². The summed E-state index contributed by atoms with van der Waals surface area (Å²) in [7, 11) is -3.86. The third-order valence-corrected chi connectivity index (χ3v) is 5.72. The van der Waals surface area contributed by atoms with E-state index in [0.29, 0.717) is 5.13 Å². The van der Waals surface area contributed by atoms with Gasteiger partial charge in [0.1, 0.15) is 4.90 Å². The van der Waals surface area contributed by atoms with Gasteiger partial charge in [-0.25, -0.2) is 18.1 Å². The molecule has 0 aliphatic carbocycles. The number of carbonyl (C=O) groups excluding carboxylic acids is 1. The number of benzene rings is 1. The fourth-order valence-corrected chi connectivity index (χ4v) is 4.37. The van der Waals surface area contributed by atoms with Crippen molar-refractivity contribution in [3.63, 3.8) is 0 Å². The molecule has 0 saturated carbocycles. The average Bonchev–Trinajstić information content (AvgIpc) is 2.89. The lowest BCUT2D eigenvalue weighted by atomic mass is 10.2. The number of anilines is 1. The number of halogens is 2. The van der Waals surface area contributed by atoms with Gasteiger partial charge in [0, 0.05) is 17.6 Å². The van der Waals surface area contributed by atoms with Gasteiger partial charge in [-0.2, -0.15) is 0 Å². The zero-order valence-corrected chi connectivity index (χ0v) is 15.3. The van der Waals surface area contributed by atoms with Crippen molar-refractivity contribution in [1.82, 2.24) is 9.71 Å². The van der Waals surface area contributed by atoms with E-state index in [4.69, 9.17) is 23.2 Å². The maximum atomic E-state index is 12.3. The topological polar surface area (TPSA) is 88.2 Å². The van der Waals surface area contributed by atoms with E-state index in [1.54, 1.807) is 19.2 Å². The molecule has 2 rings (SSSR count).